The second-order valence-electron chi connectivity index (χ2n) is 5.85. The third-order valence-electron chi connectivity index (χ3n) is 4.36. The monoisotopic (exact) mass is 242 g/mol. The highest BCUT2D eigenvalue weighted by molar-refractivity contribution is 4.74. The van der Waals surface area contributed by atoms with Crippen LogP contribution in [0, 0.1) is 17.8 Å². The van der Waals surface area contributed by atoms with Gasteiger partial charge in [-0.05, 0) is 24.7 Å². The van der Waals surface area contributed by atoms with Crippen molar-refractivity contribution in [2.45, 2.75) is 64.7 Å². The Bertz CT molecular complexity index is 178. The van der Waals surface area contributed by atoms with Crippen molar-refractivity contribution in [1.82, 2.24) is 0 Å². The van der Waals surface area contributed by atoms with Crippen LogP contribution in [0.5, 0.6) is 0 Å². The van der Waals surface area contributed by atoms with Crippen LogP contribution in [-0.4, -0.2) is 23.4 Å². The molecule has 2 atom stereocenters. The number of aliphatic hydroxyl groups is 2. The zero-order valence-corrected chi connectivity index (χ0v) is 11.4. The molecule has 2 nitrogen and oxygen atoms in total. The van der Waals surface area contributed by atoms with Crippen LogP contribution in [0.3, 0.4) is 0 Å². The summed E-state index contributed by atoms with van der Waals surface area (Å²) < 4.78 is 0. The van der Waals surface area contributed by atoms with Crippen molar-refractivity contribution in [2.24, 2.45) is 17.8 Å². The lowest BCUT2D eigenvalue weighted by Crippen LogP contribution is -2.18. The first kappa shape index (κ1) is 15.0. The van der Waals surface area contributed by atoms with Gasteiger partial charge < -0.3 is 10.2 Å². The molecule has 0 bridgehead atoms. The van der Waals surface area contributed by atoms with Crippen LogP contribution in [0.1, 0.15) is 64.7 Å². The van der Waals surface area contributed by atoms with E-state index in [1.807, 2.05) is 0 Å². The van der Waals surface area contributed by atoms with Gasteiger partial charge in [-0.15, -0.1) is 0 Å². The average molecular weight is 242 g/mol. The van der Waals surface area contributed by atoms with E-state index in [-0.39, 0.29) is 19.1 Å². The van der Waals surface area contributed by atoms with Crippen LogP contribution in [0.15, 0.2) is 0 Å². The van der Waals surface area contributed by atoms with Gasteiger partial charge in [-0.1, -0.05) is 51.9 Å². The highest BCUT2D eigenvalue weighted by Crippen LogP contribution is 2.35. The van der Waals surface area contributed by atoms with Crippen LogP contribution in [0.2, 0.25) is 0 Å². The van der Waals surface area contributed by atoms with E-state index in [1.165, 1.54) is 51.4 Å². The lowest BCUT2D eigenvalue weighted by molar-refractivity contribution is 0.131. The number of hydrogen-bond donors (Lipinski definition) is 2. The van der Waals surface area contributed by atoms with Crippen molar-refractivity contribution in [1.29, 1.82) is 0 Å². The van der Waals surface area contributed by atoms with Gasteiger partial charge in [0.15, 0.2) is 0 Å². The number of aliphatic hydroxyl groups excluding tert-OH is 2. The molecule has 0 heterocycles. The third-order valence-corrected chi connectivity index (χ3v) is 4.36. The minimum Gasteiger partial charge on any atom is -0.396 e. The Balaban J connectivity index is 2.19. The predicted molar refractivity (Wildman–Crippen MR) is 71.9 cm³/mol. The van der Waals surface area contributed by atoms with Crippen LogP contribution >= 0.6 is 0 Å². The first-order valence-corrected chi connectivity index (χ1v) is 7.51. The smallest absolute Gasteiger partial charge is 0.0481 e. The summed E-state index contributed by atoms with van der Waals surface area (Å²) in [6.45, 7) is 2.55. The normalized spacial score (nSPS) is 25.4. The summed E-state index contributed by atoms with van der Waals surface area (Å²) in [4.78, 5) is 0. The van der Waals surface area contributed by atoms with Gasteiger partial charge in [0.05, 0.1) is 0 Å². The van der Waals surface area contributed by atoms with E-state index in [0.717, 1.165) is 18.3 Å². The molecule has 0 aromatic carbocycles. The molecule has 0 radical (unpaired) electrons. The summed E-state index contributed by atoms with van der Waals surface area (Å²) in [5, 5.41) is 18.1. The fraction of sp³-hybridized carbons (Fsp3) is 1.00. The van der Waals surface area contributed by atoms with Crippen molar-refractivity contribution in [3.8, 4) is 0 Å². The maximum atomic E-state index is 9.06. The minimum atomic E-state index is 0.117. The number of hydrogen-bond acceptors (Lipinski definition) is 2. The summed E-state index contributed by atoms with van der Waals surface area (Å²) in [6.07, 6.45) is 11.9. The Morgan fingerprint density at radius 3 is 2.29 bits per heavy atom. The zero-order valence-electron chi connectivity index (χ0n) is 11.4. The molecule has 2 heteroatoms. The molecule has 0 aliphatic heterocycles. The Hall–Kier alpha value is -0.0800. The molecule has 1 aliphatic carbocycles. The molecule has 1 rings (SSSR count). The van der Waals surface area contributed by atoms with Gasteiger partial charge in [-0.25, -0.2) is 0 Å². The quantitative estimate of drug-likeness (QED) is 0.685. The molecular formula is C15H30O2. The van der Waals surface area contributed by atoms with Crippen LogP contribution in [0.25, 0.3) is 0 Å². The van der Waals surface area contributed by atoms with Gasteiger partial charge in [-0.3, -0.25) is 0 Å². The predicted octanol–water partition coefficient (Wildman–Crippen LogP) is 3.36. The van der Waals surface area contributed by atoms with E-state index in [9.17, 15) is 0 Å². The number of unbranched alkanes of at least 4 members (excludes halogenated alkanes) is 1. The SMILES string of the molecule is CCCCC1CCCC(CCC(CO)CO)C1. The molecule has 1 aliphatic rings. The van der Waals surface area contributed by atoms with Crippen molar-refractivity contribution in [3.05, 3.63) is 0 Å². The van der Waals surface area contributed by atoms with E-state index in [2.05, 4.69) is 6.92 Å². The standard InChI is InChI=1S/C15H30O2/c1-2-3-5-13-6-4-7-14(10-13)8-9-15(11-16)12-17/h13-17H,2-12H2,1H3. The topological polar surface area (TPSA) is 40.5 Å². The van der Waals surface area contributed by atoms with Crippen molar-refractivity contribution < 1.29 is 10.2 Å². The van der Waals surface area contributed by atoms with Gasteiger partial charge >= 0.3 is 0 Å². The first-order valence-electron chi connectivity index (χ1n) is 7.51. The third kappa shape index (κ3) is 5.87. The minimum absolute atomic E-state index is 0.117. The summed E-state index contributed by atoms with van der Waals surface area (Å²) in [5.41, 5.74) is 0. The van der Waals surface area contributed by atoms with Crippen molar-refractivity contribution in [2.75, 3.05) is 13.2 Å². The van der Waals surface area contributed by atoms with Crippen LogP contribution < -0.4 is 0 Å². The first-order chi connectivity index (χ1) is 8.30. The molecule has 1 saturated carbocycles. The lowest BCUT2D eigenvalue weighted by atomic mass is 9.76. The van der Waals surface area contributed by atoms with Crippen LogP contribution in [-0.2, 0) is 0 Å². The molecule has 0 aromatic rings. The van der Waals surface area contributed by atoms with Crippen molar-refractivity contribution in [3.63, 3.8) is 0 Å². The Labute approximate surface area is 106 Å². The van der Waals surface area contributed by atoms with Gasteiger partial charge in [0.25, 0.3) is 0 Å². The van der Waals surface area contributed by atoms with E-state index < -0.39 is 0 Å². The van der Waals surface area contributed by atoms with E-state index in [0.29, 0.717) is 0 Å². The van der Waals surface area contributed by atoms with Gasteiger partial charge in [-0.2, -0.15) is 0 Å². The van der Waals surface area contributed by atoms with E-state index in [1.54, 1.807) is 0 Å². The summed E-state index contributed by atoms with van der Waals surface area (Å²) in [6, 6.07) is 0. The van der Waals surface area contributed by atoms with Gasteiger partial charge in [0.1, 0.15) is 0 Å². The Morgan fingerprint density at radius 1 is 1.06 bits per heavy atom. The molecule has 1 fully saturated rings. The largest absolute Gasteiger partial charge is 0.396 e. The Kier molecular flexibility index (Phi) is 7.87. The van der Waals surface area contributed by atoms with Gasteiger partial charge in [0.2, 0.25) is 0 Å². The summed E-state index contributed by atoms with van der Waals surface area (Å²) in [7, 11) is 0. The molecule has 2 unspecified atom stereocenters. The summed E-state index contributed by atoms with van der Waals surface area (Å²) in [5.74, 6) is 1.92. The molecule has 0 amide bonds. The second-order valence-corrected chi connectivity index (χ2v) is 5.85. The van der Waals surface area contributed by atoms with Crippen LogP contribution in [0.4, 0.5) is 0 Å². The average Bonchev–Trinajstić information content (AvgIpc) is 2.38. The highest BCUT2D eigenvalue weighted by Gasteiger charge is 2.22. The molecule has 17 heavy (non-hydrogen) atoms. The molecule has 2 N–H and O–H groups in total. The molecule has 102 valence electrons. The van der Waals surface area contributed by atoms with E-state index >= 15 is 0 Å². The lowest BCUT2D eigenvalue weighted by Gasteiger charge is -2.30. The molecule has 0 spiro atoms. The fourth-order valence-electron chi connectivity index (χ4n) is 3.13. The maximum absolute atomic E-state index is 9.06. The van der Waals surface area contributed by atoms with E-state index in [4.69, 9.17) is 10.2 Å². The van der Waals surface area contributed by atoms with Gasteiger partial charge in [0, 0.05) is 19.1 Å². The second kappa shape index (κ2) is 8.93. The highest BCUT2D eigenvalue weighted by atomic mass is 16.3. The molecule has 0 aromatic heterocycles. The van der Waals surface area contributed by atoms with Crippen molar-refractivity contribution >= 4 is 0 Å². The molecular weight excluding hydrogens is 212 g/mol. The molecule has 0 saturated heterocycles. The Morgan fingerprint density at radius 2 is 1.71 bits per heavy atom. The fourth-order valence-corrected chi connectivity index (χ4v) is 3.13. The maximum Gasteiger partial charge on any atom is 0.0481 e. The zero-order chi connectivity index (χ0) is 12.5. The summed E-state index contributed by atoms with van der Waals surface area (Å²) >= 11 is 0. The number of rotatable bonds is 8.